The number of nitrogens with one attached hydrogen (secondary N) is 1. The summed E-state index contributed by atoms with van der Waals surface area (Å²) in [6.45, 7) is 1.63. The predicted molar refractivity (Wildman–Crippen MR) is 99.8 cm³/mol. The number of carbonyl (C=O) groups excluding carboxylic acids is 1. The minimum atomic E-state index is -0.0423. The Balaban J connectivity index is 1.61. The third-order valence-corrected chi connectivity index (χ3v) is 4.61. The number of hydrogen-bond donors (Lipinski definition) is 1. The lowest BCUT2D eigenvalue weighted by Gasteiger charge is -2.09. The summed E-state index contributed by atoms with van der Waals surface area (Å²) in [4.78, 5) is 12.3. The highest BCUT2D eigenvalue weighted by atomic mass is 16.5. The topological polar surface area (TPSA) is 56.2 Å². The average molecular weight is 347 g/mol. The summed E-state index contributed by atoms with van der Waals surface area (Å²) in [5, 5.41) is 7.81. The molecule has 1 aliphatic rings. The molecule has 2 aromatic carbocycles. The van der Waals surface area contributed by atoms with Crippen molar-refractivity contribution in [3.8, 4) is 16.9 Å². The molecule has 0 radical (unpaired) electrons. The van der Waals surface area contributed by atoms with Gasteiger partial charge in [0.1, 0.15) is 0 Å². The monoisotopic (exact) mass is 347 g/mol. The molecule has 1 saturated heterocycles. The molecule has 1 atom stereocenters. The Hall–Kier alpha value is -2.92. The van der Waals surface area contributed by atoms with Crippen molar-refractivity contribution in [2.75, 3.05) is 13.2 Å². The van der Waals surface area contributed by atoms with Crippen LogP contribution in [0.25, 0.3) is 16.9 Å². The second-order valence-corrected chi connectivity index (χ2v) is 6.43. The van der Waals surface area contributed by atoms with Crippen molar-refractivity contribution in [2.24, 2.45) is 5.92 Å². The number of nitrogens with zero attached hydrogens (tertiary/aromatic N) is 2. The number of aromatic nitrogens is 2. The summed E-state index contributed by atoms with van der Waals surface area (Å²) >= 11 is 0. The second kappa shape index (κ2) is 7.54. The van der Waals surface area contributed by atoms with E-state index in [1.165, 1.54) is 0 Å². The zero-order valence-electron chi connectivity index (χ0n) is 14.5. The first-order valence-electron chi connectivity index (χ1n) is 8.86. The van der Waals surface area contributed by atoms with Gasteiger partial charge in [0.25, 0.3) is 0 Å². The molecule has 0 spiro atoms. The largest absolute Gasteiger partial charge is 0.381 e. The fourth-order valence-electron chi connectivity index (χ4n) is 3.16. The highest BCUT2D eigenvalue weighted by Crippen LogP contribution is 2.24. The molecule has 1 aromatic heterocycles. The van der Waals surface area contributed by atoms with E-state index in [-0.39, 0.29) is 11.8 Å². The van der Waals surface area contributed by atoms with E-state index in [4.69, 9.17) is 9.84 Å². The molecule has 1 aliphatic heterocycles. The molecule has 4 rings (SSSR count). The maximum absolute atomic E-state index is 12.3. The maximum Gasteiger partial charge on any atom is 0.225 e. The Bertz CT molecular complexity index is 869. The summed E-state index contributed by atoms with van der Waals surface area (Å²) in [6.07, 6.45) is 2.78. The van der Waals surface area contributed by atoms with Crippen LogP contribution < -0.4 is 5.32 Å². The van der Waals surface area contributed by atoms with E-state index in [1.807, 2.05) is 71.5 Å². The van der Waals surface area contributed by atoms with E-state index in [0.29, 0.717) is 19.8 Å². The first kappa shape index (κ1) is 16.5. The number of para-hydroxylation sites is 1. The lowest BCUT2D eigenvalue weighted by Crippen LogP contribution is -2.30. The average Bonchev–Trinajstić information content (AvgIpc) is 3.38. The molecular weight excluding hydrogens is 326 g/mol. The standard InChI is InChI=1S/C21H21N3O2/c25-21(17-11-12-26-15-17)22-13-18-14-24(19-9-5-2-6-10-19)23-20(18)16-7-3-1-4-8-16/h1-10,14,17H,11-13,15H2,(H,22,25)/t17-/m1/s1. The van der Waals surface area contributed by atoms with Gasteiger partial charge in [-0.3, -0.25) is 4.79 Å². The summed E-state index contributed by atoms with van der Waals surface area (Å²) < 4.78 is 7.17. The second-order valence-electron chi connectivity index (χ2n) is 6.43. The summed E-state index contributed by atoms with van der Waals surface area (Å²) in [5.41, 5.74) is 3.91. The van der Waals surface area contributed by atoms with Crippen LogP contribution >= 0.6 is 0 Å². The van der Waals surface area contributed by atoms with E-state index in [9.17, 15) is 4.79 Å². The molecule has 0 aliphatic carbocycles. The van der Waals surface area contributed by atoms with Gasteiger partial charge >= 0.3 is 0 Å². The molecule has 0 bridgehead atoms. The van der Waals surface area contributed by atoms with Gasteiger partial charge in [0.15, 0.2) is 0 Å². The van der Waals surface area contributed by atoms with E-state index >= 15 is 0 Å². The van der Waals surface area contributed by atoms with Crippen LogP contribution in [0.3, 0.4) is 0 Å². The van der Waals surface area contributed by atoms with Crippen molar-refractivity contribution in [1.82, 2.24) is 15.1 Å². The van der Waals surface area contributed by atoms with E-state index in [1.54, 1.807) is 0 Å². The molecule has 1 amide bonds. The normalized spacial score (nSPS) is 16.5. The van der Waals surface area contributed by atoms with Crippen molar-refractivity contribution in [3.63, 3.8) is 0 Å². The summed E-state index contributed by atoms with van der Waals surface area (Å²) in [5.74, 6) is 0.00770. The van der Waals surface area contributed by atoms with Gasteiger partial charge in [-0.25, -0.2) is 4.68 Å². The molecule has 132 valence electrons. The SMILES string of the molecule is O=C(NCc1cn(-c2ccccc2)nc1-c1ccccc1)[C@@H]1CCOC1. The Labute approximate surface area is 152 Å². The number of benzene rings is 2. The van der Waals surface area contributed by atoms with Gasteiger partial charge in [0.05, 0.1) is 23.9 Å². The Morgan fingerprint density at radius 3 is 2.54 bits per heavy atom. The van der Waals surface area contributed by atoms with Crippen LogP contribution in [0.5, 0.6) is 0 Å². The maximum atomic E-state index is 12.3. The smallest absolute Gasteiger partial charge is 0.225 e. The van der Waals surface area contributed by atoms with Crippen LogP contribution in [0.1, 0.15) is 12.0 Å². The van der Waals surface area contributed by atoms with Crippen molar-refractivity contribution < 1.29 is 9.53 Å². The highest BCUT2D eigenvalue weighted by molar-refractivity contribution is 5.79. The van der Waals surface area contributed by atoms with Crippen LogP contribution in [0.2, 0.25) is 0 Å². The number of hydrogen-bond acceptors (Lipinski definition) is 3. The predicted octanol–water partition coefficient (Wildman–Crippen LogP) is 3.19. The Morgan fingerprint density at radius 2 is 1.85 bits per heavy atom. The van der Waals surface area contributed by atoms with Gasteiger partial charge in [-0.2, -0.15) is 5.10 Å². The zero-order valence-corrected chi connectivity index (χ0v) is 14.5. The number of carbonyl (C=O) groups is 1. The molecule has 26 heavy (non-hydrogen) atoms. The fraction of sp³-hybridized carbons (Fsp3) is 0.238. The lowest BCUT2D eigenvalue weighted by molar-refractivity contribution is -0.125. The van der Waals surface area contributed by atoms with E-state index in [2.05, 4.69) is 5.32 Å². The van der Waals surface area contributed by atoms with Crippen molar-refractivity contribution in [2.45, 2.75) is 13.0 Å². The third kappa shape index (κ3) is 3.53. The molecule has 2 heterocycles. The third-order valence-electron chi connectivity index (χ3n) is 4.61. The minimum Gasteiger partial charge on any atom is -0.381 e. The minimum absolute atomic E-state index is 0.0423. The van der Waals surface area contributed by atoms with Gasteiger partial charge in [-0.05, 0) is 18.6 Å². The first-order chi connectivity index (χ1) is 12.8. The Kier molecular flexibility index (Phi) is 4.80. The van der Waals surface area contributed by atoms with Crippen molar-refractivity contribution in [3.05, 3.63) is 72.4 Å². The molecular formula is C21H21N3O2. The van der Waals surface area contributed by atoms with Crippen molar-refractivity contribution in [1.29, 1.82) is 0 Å². The molecule has 0 unspecified atom stereocenters. The molecule has 5 heteroatoms. The van der Waals surface area contributed by atoms with E-state index in [0.717, 1.165) is 28.9 Å². The Morgan fingerprint density at radius 1 is 1.12 bits per heavy atom. The van der Waals surface area contributed by atoms with Gasteiger partial charge in [0, 0.05) is 30.5 Å². The van der Waals surface area contributed by atoms with Crippen molar-refractivity contribution >= 4 is 5.91 Å². The van der Waals surface area contributed by atoms with E-state index < -0.39 is 0 Å². The first-order valence-corrected chi connectivity index (χ1v) is 8.86. The fourth-order valence-corrected chi connectivity index (χ4v) is 3.16. The summed E-state index contributed by atoms with van der Waals surface area (Å²) in [6, 6.07) is 20.0. The van der Waals surface area contributed by atoms with Crippen LogP contribution in [0.15, 0.2) is 66.9 Å². The van der Waals surface area contributed by atoms with Crippen LogP contribution in [-0.2, 0) is 16.1 Å². The molecule has 1 N–H and O–H groups in total. The quantitative estimate of drug-likeness (QED) is 0.771. The lowest BCUT2D eigenvalue weighted by atomic mass is 10.1. The van der Waals surface area contributed by atoms with Gasteiger partial charge in [-0.1, -0.05) is 48.5 Å². The number of rotatable bonds is 5. The molecule has 1 fully saturated rings. The summed E-state index contributed by atoms with van der Waals surface area (Å²) in [7, 11) is 0. The van der Waals surface area contributed by atoms with Crippen LogP contribution in [-0.4, -0.2) is 28.9 Å². The molecule has 3 aromatic rings. The molecule has 0 saturated carbocycles. The van der Waals surface area contributed by atoms with Crippen LogP contribution in [0.4, 0.5) is 0 Å². The van der Waals surface area contributed by atoms with Crippen LogP contribution in [0, 0.1) is 5.92 Å². The number of ether oxygens (including phenoxy) is 1. The highest BCUT2D eigenvalue weighted by Gasteiger charge is 2.23. The van der Waals surface area contributed by atoms with Gasteiger partial charge in [0.2, 0.25) is 5.91 Å². The molecule has 5 nitrogen and oxygen atoms in total. The number of amides is 1. The zero-order chi connectivity index (χ0) is 17.8. The van der Waals surface area contributed by atoms with Gasteiger partial charge < -0.3 is 10.1 Å². The van der Waals surface area contributed by atoms with Gasteiger partial charge in [-0.15, -0.1) is 0 Å².